The summed E-state index contributed by atoms with van der Waals surface area (Å²) >= 11 is 0. The van der Waals surface area contributed by atoms with Crippen LogP contribution in [0, 0.1) is 0 Å². The van der Waals surface area contributed by atoms with Crippen LogP contribution in [0.15, 0.2) is 78.9 Å². The molecule has 0 N–H and O–H groups in total. The van der Waals surface area contributed by atoms with Gasteiger partial charge in [0.2, 0.25) is 0 Å². The first-order valence-corrected chi connectivity index (χ1v) is 13.8. The number of unbranched alkanes of at least 4 members (excludes halogenated alkanes) is 2. The maximum Gasteiger partial charge on any atom is 0.140 e. The molecule has 200 valence electrons. The van der Waals surface area contributed by atoms with Gasteiger partial charge >= 0.3 is 0 Å². The van der Waals surface area contributed by atoms with Gasteiger partial charge in [0.25, 0.3) is 0 Å². The summed E-state index contributed by atoms with van der Waals surface area (Å²) in [4.78, 5) is 7.87. The molecule has 1 aromatic heterocycles. The summed E-state index contributed by atoms with van der Waals surface area (Å²) in [5.41, 5.74) is 5.71. The lowest BCUT2D eigenvalue weighted by Gasteiger charge is -2.24. The van der Waals surface area contributed by atoms with Gasteiger partial charge in [0.05, 0.1) is 25.6 Å². The minimum atomic E-state index is 0.808. The number of imidazole rings is 1. The molecule has 5 nitrogen and oxygen atoms in total. The normalized spacial score (nSPS) is 11.2. The fraction of sp³-hybridized carbons (Fsp3) is 0.364. The van der Waals surface area contributed by atoms with Crippen LogP contribution in [0.5, 0.6) is 11.5 Å². The lowest BCUT2D eigenvalue weighted by atomic mass is 10.1. The van der Waals surface area contributed by atoms with Gasteiger partial charge in [-0.1, -0.05) is 81.3 Å². The number of para-hydroxylation sites is 1. The van der Waals surface area contributed by atoms with Crippen LogP contribution in [0.1, 0.15) is 50.8 Å². The van der Waals surface area contributed by atoms with E-state index < -0.39 is 0 Å². The largest absolute Gasteiger partial charge is 0.497 e. The smallest absolute Gasteiger partial charge is 0.140 e. The Hall–Kier alpha value is -3.57. The molecule has 0 atom stereocenters. The van der Waals surface area contributed by atoms with Crippen LogP contribution < -0.4 is 9.47 Å². The van der Waals surface area contributed by atoms with Crippen molar-refractivity contribution in [2.45, 2.75) is 59.2 Å². The van der Waals surface area contributed by atoms with Crippen LogP contribution in [-0.2, 0) is 19.6 Å². The summed E-state index contributed by atoms with van der Waals surface area (Å²) in [6.45, 7) is 8.13. The first kappa shape index (κ1) is 27.5. The standard InChI is InChI=1S/C33H41N3O2/c1-5-7-22-35(24-26-18-20-28(37-3)21-19-26)25-30-32(29-16-12-13-17-31(29)38-4)34-33(36(30)23-8-6-2)27-14-10-9-11-15-27/h9-21H,5-8,22-25H2,1-4H3. The fourth-order valence-corrected chi connectivity index (χ4v) is 4.86. The number of rotatable bonds is 14. The van der Waals surface area contributed by atoms with Crippen LogP contribution in [0.25, 0.3) is 22.6 Å². The summed E-state index contributed by atoms with van der Waals surface area (Å²) in [5.74, 6) is 2.76. The van der Waals surface area contributed by atoms with Gasteiger partial charge in [0.15, 0.2) is 0 Å². The van der Waals surface area contributed by atoms with E-state index in [1.54, 1.807) is 14.2 Å². The number of aromatic nitrogens is 2. The van der Waals surface area contributed by atoms with Crippen molar-refractivity contribution in [1.82, 2.24) is 14.5 Å². The van der Waals surface area contributed by atoms with E-state index >= 15 is 0 Å². The Labute approximate surface area is 228 Å². The number of methoxy groups -OCH3 is 2. The monoisotopic (exact) mass is 511 g/mol. The highest BCUT2D eigenvalue weighted by Crippen LogP contribution is 2.36. The molecule has 0 amide bonds. The van der Waals surface area contributed by atoms with Crippen LogP contribution in [0.4, 0.5) is 0 Å². The second-order valence-corrected chi connectivity index (χ2v) is 9.71. The highest BCUT2D eigenvalue weighted by molar-refractivity contribution is 5.73. The van der Waals surface area contributed by atoms with Gasteiger partial charge in [-0.05, 0) is 49.2 Å². The third-order valence-corrected chi connectivity index (χ3v) is 6.97. The summed E-state index contributed by atoms with van der Waals surface area (Å²) < 4.78 is 13.6. The van der Waals surface area contributed by atoms with Gasteiger partial charge in [-0.25, -0.2) is 4.98 Å². The predicted molar refractivity (Wildman–Crippen MR) is 157 cm³/mol. The Kier molecular flexibility index (Phi) is 9.99. The second kappa shape index (κ2) is 13.8. The van der Waals surface area contributed by atoms with Crippen LogP contribution in [0.3, 0.4) is 0 Å². The van der Waals surface area contributed by atoms with E-state index in [2.05, 4.69) is 77.9 Å². The molecular weight excluding hydrogens is 470 g/mol. The van der Waals surface area contributed by atoms with Crippen molar-refractivity contribution in [3.8, 4) is 34.1 Å². The van der Waals surface area contributed by atoms with Crippen molar-refractivity contribution in [2.24, 2.45) is 0 Å². The third kappa shape index (κ3) is 6.65. The Morgan fingerprint density at radius 2 is 1.47 bits per heavy atom. The van der Waals surface area contributed by atoms with Gasteiger partial charge in [0, 0.05) is 30.8 Å². The first-order valence-electron chi connectivity index (χ1n) is 13.8. The number of hydrogen-bond donors (Lipinski definition) is 0. The molecule has 0 saturated heterocycles. The highest BCUT2D eigenvalue weighted by Gasteiger charge is 2.23. The maximum atomic E-state index is 5.80. The molecule has 0 aliphatic heterocycles. The number of hydrogen-bond acceptors (Lipinski definition) is 4. The van der Waals surface area contributed by atoms with Crippen molar-refractivity contribution in [1.29, 1.82) is 0 Å². The van der Waals surface area contributed by atoms with Crippen molar-refractivity contribution in [3.05, 3.63) is 90.1 Å². The highest BCUT2D eigenvalue weighted by atomic mass is 16.5. The SMILES string of the molecule is CCCCN(Cc1ccc(OC)cc1)Cc1c(-c2ccccc2OC)nc(-c2ccccc2)n1CCCC. The summed E-state index contributed by atoms with van der Waals surface area (Å²) in [6, 6.07) is 27.2. The Bertz CT molecular complexity index is 1270. The molecule has 4 rings (SSSR count). The van der Waals surface area contributed by atoms with Crippen molar-refractivity contribution >= 4 is 0 Å². The average molecular weight is 512 g/mol. The molecular formula is C33H41N3O2. The molecule has 0 unspecified atom stereocenters. The molecule has 38 heavy (non-hydrogen) atoms. The van der Waals surface area contributed by atoms with E-state index in [0.29, 0.717) is 0 Å². The molecule has 0 bridgehead atoms. The first-order chi connectivity index (χ1) is 18.7. The van der Waals surface area contributed by atoms with E-state index in [1.807, 2.05) is 24.3 Å². The summed E-state index contributed by atoms with van der Waals surface area (Å²) in [6.07, 6.45) is 4.53. The Morgan fingerprint density at radius 1 is 0.763 bits per heavy atom. The second-order valence-electron chi connectivity index (χ2n) is 9.71. The van der Waals surface area contributed by atoms with E-state index in [-0.39, 0.29) is 0 Å². The molecule has 0 radical (unpaired) electrons. The minimum absolute atomic E-state index is 0.808. The van der Waals surface area contributed by atoms with E-state index in [4.69, 9.17) is 14.5 Å². The van der Waals surface area contributed by atoms with Crippen LogP contribution >= 0.6 is 0 Å². The van der Waals surface area contributed by atoms with Crippen LogP contribution in [-0.4, -0.2) is 35.2 Å². The maximum absolute atomic E-state index is 5.80. The van der Waals surface area contributed by atoms with Gasteiger partial charge in [-0.15, -0.1) is 0 Å². The average Bonchev–Trinajstić information content (AvgIpc) is 3.33. The van der Waals surface area contributed by atoms with Crippen molar-refractivity contribution in [2.75, 3.05) is 20.8 Å². The zero-order chi connectivity index (χ0) is 26.7. The third-order valence-electron chi connectivity index (χ3n) is 6.97. The molecule has 0 aliphatic carbocycles. The van der Waals surface area contributed by atoms with E-state index in [9.17, 15) is 0 Å². The zero-order valence-electron chi connectivity index (χ0n) is 23.3. The minimum Gasteiger partial charge on any atom is -0.497 e. The van der Waals surface area contributed by atoms with Gasteiger partial charge in [0.1, 0.15) is 17.3 Å². The lowest BCUT2D eigenvalue weighted by molar-refractivity contribution is 0.246. The Morgan fingerprint density at radius 3 is 2.16 bits per heavy atom. The molecule has 3 aromatic carbocycles. The molecule has 0 spiro atoms. The number of benzene rings is 3. The quantitative estimate of drug-likeness (QED) is 0.173. The van der Waals surface area contributed by atoms with Gasteiger partial charge in [-0.2, -0.15) is 0 Å². The van der Waals surface area contributed by atoms with Crippen molar-refractivity contribution < 1.29 is 9.47 Å². The van der Waals surface area contributed by atoms with E-state index in [1.165, 1.54) is 11.3 Å². The number of ether oxygens (including phenoxy) is 2. The number of nitrogens with zero attached hydrogens (tertiary/aromatic N) is 3. The summed E-state index contributed by atoms with van der Waals surface area (Å²) in [7, 11) is 3.45. The molecule has 0 fully saturated rings. The summed E-state index contributed by atoms with van der Waals surface area (Å²) in [5, 5.41) is 0. The van der Waals surface area contributed by atoms with Gasteiger partial charge in [-0.3, -0.25) is 4.90 Å². The molecule has 1 heterocycles. The topological polar surface area (TPSA) is 39.5 Å². The van der Waals surface area contributed by atoms with Crippen LogP contribution in [0.2, 0.25) is 0 Å². The van der Waals surface area contributed by atoms with Crippen molar-refractivity contribution in [3.63, 3.8) is 0 Å². The molecule has 0 aliphatic rings. The zero-order valence-corrected chi connectivity index (χ0v) is 23.3. The molecule has 0 saturated carbocycles. The predicted octanol–water partition coefficient (Wildman–Crippen LogP) is 7.84. The van der Waals surface area contributed by atoms with E-state index in [0.717, 1.165) is 86.0 Å². The van der Waals surface area contributed by atoms with Gasteiger partial charge < -0.3 is 14.0 Å². The fourth-order valence-electron chi connectivity index (χ4n) is 4.86. The lowest BCUT2D eigenvalue weighted by Crippen LogP contribution is -2.26. The molecule has 4 aromatic rings. The molecule has 5 heteroatoms. The Balaban J connectivity index is 1.82.